The van der Waals surface area contributed by atoms with Gasteiger partial charge in [0.1, 0.15) is 17.3 Å². The van der Waals surface area contributed by atoms with Crippen LogP contribution in [-0.2, 0) is 5.88 Å². The summed E-state index contributed by atoms with van der Waals surface area (Å²) >= 11 is 11.0. The molecule has 0 spiro atoms. The van der Waals surface area contributed by atoms with Crippen molar-refractivity contribution < 1.29 is 13.2 Å². The highest BCUT2D eigenvalue weighted by molar-refractivity contribution is 6.30. The first-order chi connectivity index (χ1) is 7.63. The summed E-state index contributed by atoms with van der Waals surface area (Å²) < 4.78 is 31.7. The van der Waals surface area contributed by atoms with Crippen LogP contribution in [0.2, 0.25) is 5.02 Å². The van der Waals surface area contributed by atoms with Crippen molar-refractivity contribution in [1.29, 1.82) is 0 Å². The standard InChI is InChI=1S/C10H5Cl2F2NO/c11-3-9-10(16-4-15-9)5-1-8(14)6(12)2-7(5)13/h1-2,4H,3H2. The van der Waals surface area contributed by atoms with Gasteiger partial charge in [0.15, 0.2) is 12.2 Å². The highest BCUT2D eigenvalue weighted by atomic mass is 35.5. The molecule has 84 valence electrons. The molecule has 0 saturated heterocycles. The van der Waals surface area contributed by atoms with E-state index in [1.54, 1.807) is 0 Å². The van der Waals surface area contributed by atoms with Crippen LogP contribution in [-0.4, -0.2) is 4.98 Å². The van der Waals surface area contributed by atoms with Gasteiger partial charge in [0.25, 0.3) is 0 Å². The Kier molecular flexibility index (Phi) is 3.12. The summed E-state index contributed by atoms with van der Waals surface area (Å²) in [5, 5.41) is -0.284. The van der Waals surface area contributed by atoms with Crippen LogP contribution in [0.5, 0.6) is 0 Å². The van der Waals surface area contributed by atoms with E-state index in [0.717, 1.165) is 18.5 Å². The molecule has 2 aromatic rings. The van der Waals surface area contributed by atoms with Gasteiger partial charge in [-0.15, -0.1) is 11.6 Å². The summed E-state index contributed by atoms with van der Waals surface area (Å²) in [6.07, 6.45) is 1.12. The Morgan fingerprint density at radius 2 is 2.00 bits per heavy atom. The Morgan fingerprint density at radius 1 is 1.25 bits per heavy atom. The Bertz CT molecular complexity index is 528. The van der Waals surface area contributed by atoms with Crippen LogP contribution < -0.4 is 0 Å². The van der Waals surface area contributed by atoms with Crippen LogP contribution in [0.1, 0.15) is 5.69 Å². The van der Waals surface area contributed by atoms with E-state index in [0.29, 0.717) is 5.69 Å². The molecular weight excluding hydrogens is 259 g/mol. The lowest BCUT2D eigenvalue weighted by molar-refractivity contribution is 0.556. The maximum Gasteiger partial charge on any atom is 0.181 e. The Balaban J connectivity index is 2.60. The van der Waals surface area contributed by atoms with Gasteiger partial charge in [0.05, 0.1) is 16.5 Å². The summed E-state index contributed by atoms with van der Waals surface area (Å²) in [5.41, 5.74) is 0.303. The van der Waals surface area contributed by atoms with Crippen molar-refractivity contribution in [1.82, 2.24) is 4.98 Å². The normalized spacial score (nSPS) is 10.8. The number of nitrogens with zero attached hydrogens (tertiary/aromatic N) is 1. The number of rotatable bonds is 2. The molecule has 0 radical (unpaired) electrons. The van der Waals surface area contributed by atoms with Crippen molar-refractivity contribution in [3.8, 4) is 11.3 Å². The van der Waals surface area contributed by atoms with E-state index in [4.69, 9.17) is 27.6 Å². The lowest BCUT2D eigenvalue weighted by Gasteiger charge is -2.02. The highest BCUT2D eigenvalue weighted by Crippen LogP contribution is 2.30. The first-order valence-corrected chi connectivity index (χ1v) is 5.18. The molecule has 2 rings (SSSR count). The number of halogens is 4. The summed E-state index contributed by atoms with van der Waals surface area (Å²) in [4.78, 5) is 3.78. The molecule has 0 aliphatic carbocycles. The lowest BCUT2D eigenvalue weighted by Crippen LogP contribution is -1.90. The second-order valence-corrected chi connectivity index (χ2v) is 3.68. The van der Waals surface area contributed by atoms with Gasteiger partial charge < -0.3 is 4.42 Å². The van der Waals surface area contributed by atoms with Gasteiger partial charge in [0, 0.05) is 0 Å². The molecule has 6 heteroatoms. The van der Waals surface area contributed by atoms with Gasteiger partial charge in [-0.05, 0) is 12.1 Å². The molecule has 0 fully saturated rings. The Morgan fingerprint density at radius 3 is 2.69 bits per heavy atom. The molecule has 0 N–H and O–H groups in total. The average molecular weight is 264 g/mol. The molecule has 2 nitrogen and oxygen atoms in total. The molecule has 0 amide bonds. The van der Waals surface area contributed by atoms with Crippen molar-refractivity contribution in [3.05, 3.63) is 40.9 Å². The fourth-order valence-electron chi connectivity index (χ4n) is 1.28. The van der Waals surface area contributed by atoms with E-state index in [-0.39, 0.29) is 22.2 Å². The molecule has 0 aliphatic rings. The molecule has 0 saturated carbocycles. The minimum Gasteiger partial charge on any atom is -0.443 e. The molecule has 0 unspecified atom stereocenters. The largest absolute Gasteiger partial charge is 0.443 e. The molecule has 1 aromatic carbocycles. The van der Waals surface area contributed by atoms with Crippen molar-refractivity contribution in [3.63, 3.8) is 0 Å². The van der Waals surface area contributed by atoms with E-state index in [1.807, 2.05) is 0 Å². The van der Waals surface area contributed by atoms with Gasteiger partial charge in [-0.25, -0.2) is 13.8 Å². The predicted octanol–water partition coefficient (Wildman–Crippen LogP) is 4.01. The van der Waals surface area contributed by atoms with E-state index < -0.39 is 11.6 Å². The molecule has 0 atom stereocenters. The summed E-state index contributed by atoms with van der Waals surface area (Å²) in [6, 6.07) is 1.83. The summed E-state index contributed by atoms with van der Waals surface area (Å²) in [6.45, 7) is 0. The third-order valence-electron chi connectivity index (χ3n) is 2.02. The number of oxazole rings is 1. The molecule has 0 aliphatic heterocycles. The maximum atomic E-state index is 13.5. The number of hydrogen-bond donors (Lipinski definition) is 0. The lowest BCUT2D eigenvalue weighted by atomic mass is 10.1. The van der Waals surface area contributed by atoms with E-state index in [2.05, 4.69) is 4.98 Å². The average Bonchev–Trinajstić information content (AvgIpc) is 2.71. The molecular formula is C10H5Cl2F2NO. The first-order valence-electron chi connectivity index (χ1n) is 4.26. The van der Waals surface area contributed by atoms with Crippen molar-refractivity contribution in [2.45, 2.75) is 5.88 Å². The fourth-order valence-corrected chi connectivity index (χ4v) is 1.62. The third kappa shape index (κ3) is 1.90. The van der Waals surface area contributed by atoms with Crippen LogP contribution in [0.15, 0.2) is 22.9 Å². The number of aromatic nitrogens is 1. The minimum absolute atomic E-state index is 0.0462. The smallest absolute Gasteiger partial charge is 0.181 e. The second-order valence-electron chi connectivity index (χ2n) is 3.01. The highest BCUT2D eigenvalue weighted by Gasteiger charge is 2.16. The zero-order valence-electron chi connectivity index (χ0n) is 7.81. The molecule has 1 heterocycles. The minimum atomic E-state index is -0.727. The SMILES string of the molecule is Fc1cc(-c2ocnc2CCl)c(F)cc1Cl. The monoisotopic (exact) mass is 263 g/mol. The van der Waals surface area contributed by atoms with Gasteiger partial charge in [-0.3, -0.25) is 0 Å². The van der Waals surface area contributed by atoms with Gasteiger partial charge >= 0.3 is 0 Å². The number of alkyl halides is 1. The second kappa shape index (κ2) is 4.39. The zero-order valence-corrected chi connectivity index (χ0v) is 9.32. The van der Waals surface area contributed by atoms with Crippen LogP contribution in [0.4, 0.5) is 8.78 Å². The van der Waals surface area contributed by atoms with Gasteiger partial charge in [-0.1, -0.05) is 11.6 Å². The molecule has 16 heavy (non-hydrogen) atoms. The Labute approximate surface area is 99.8 Å². The van der Waals surface area contributed by atoms with E-state index >= 15 is 0 Å². The van der Waals surface area contributed by atoms with Gasteiger partial charge in [-0.2, -0.15) is 0 Å². The van der Waals surface area contributed by atoms with E-state index in [9.17, 15) is 8.78 Å². The van der Waals surface area contributed by atoms with Crippen molar-refractivity contribution in [2.75, 3.05) is 0 Å². The number of benzene rings is 1. The van der Waals surface area contributed by atoms with Crippen molar-refractivity contribution in [2.24, 2.45) is 0 Å². The van der Waals surface area contributed by atoms with Crippen LogP contribution in [0.25, 0.3) is 11.3 Å². The quantitative estimate of drug-likeness (QED) is 0.605. The topological polar surface area (TPSA) is 26.0 Å². The van der Waals surface area contributed by atoms with Gasteiger partial charge in [0.2, 0.25) is 0 Å². The first kappa shape index (κ1) is 11.4. The zero-order chi connectivity index (χ0) is 11.7. The maximum absolute atomic E-state index is 13.5. The van der Waals surface area contributed by atoms with Crippen LogP contribution in [0, 0.1) is 11.6 Å². The predicted molar refractivity (Wildman–Crippen MR) is 56.4 cm³/mol. The van der Waals surface area contributed by atoms with E-state index in [1.165, 1.54) is 0 Å². The third-order valence-corrected chi connectivity index (χ3v) is 2.57. The summed E-state index contributed by atoms with van der Waals surface area (Å²) in [5.74, 6) is -1.25. The molecule has 0 bridgehead atoms. The molecule has 1 aromatic heterocycles. The Hall–Kier alpha value is -1.13. The van der Waals surface area contributed by atoms with Crippen LogP contribution >= 0.6 is 23.2 Å². The number of hydrogen-bond acceptors (Lipinski definition) is 2. The van der Waals surface area contributed by atoms with Crippen LogP contribution in [0.3, 0.4) is 0 Å². The fraction of sp³-hybridized carbons (Fsp3) is 0.100. The van der Waals surface area contributed by atoms with Crippen molar-refractivity contribution >= 4 is 23.2 Å². The summed E-state index contributed by atoms with van der Waals surface area (Å²) in [7, 11) is 0.